The molecule has 0 radical (unpaired) electrons. The Kier molecular flexibility index (Phi) is 5.74. The number of aryl methyl sites for hydroxylation is 1. The first-order valence-corrected chi connectivity index (χ1v) is 9.64. The van der Waals surface area contributed by atoms with Gasteiger partial charge in [-0.3, -0.25) is 0 Å². The van der Waals surface area contributed by atoms with Gasteiger partial charge in [-0.2, -0.15) is 11.3 Å². The number of hydrogen-bond donors (Lipinski definition) is 1. The van der Waals surface area contributed by atoms with Gasteiger partial charge in [0.25, 0.3) is 0 Å². The van der Waals surface area contributed by atoms with Crippen molar-refractivity contribution in [3.05, 3.63) is 51.7 Å². The predicted octanol–water partition coefficient (Wildman–Crippen LogP) is 4.65. The fraction of sp³-hybridized carbons (Fsp3) is 0.500. The van der Waals surface area contributed by atoms with Crippen molar-refractivity contribution < 1.29 is 4.74 Å². The van der Waals surface area contributed by atoms with E-state index in [1.54, 1.807) is 24.0 Å². The van der Waals surface area contributed by atoms with Gasteiger partial charge in [-0.25, -0.2) is 0 Å². The second-order valence-electron chi connectivity index (χ2n) is 6.47. The first kappa shape index (κ1) is 16.5. The van der Waals surface area contributed by atoms with Gasteiger partial charge in [-0.15, -0.1) is 0 Å². The van der Waals surface area contributed by atoms with Crippen molar-refractivity contribution in [3.63, 3.8) is 0 Å². The average molecular weight is 330 g/mol. The van der Waals surface area contributed by atoms with Gasteiger partial charge >= 0.3 is 0 Å². The highest BCUT2D eigenvalue weighted by Gasteiger charge is 2.28. The van der Waals surface area contributed by atoms with Crippen LogP contribution in [0.5, 0.6) is 5.75 Å². The largest absolute Gasteiger partial charge is 0.497 e. The summed E-state index contributed by atoms with van der Waals surface area (Å²) in [6, 6.07) is 8.97. The smallest absolute Gasteiger partial charge is 0.119 e. The van der Waals surface area contributed by atoms with Crippen molar-refractivity contribution in [3.8, 4) is 5.75 Å². The van der Waals surface area contributed by atoms with Crippen LogP contribution in [0.1, 0.15) is 42.4 Å². The number of benzene rings is 1. The van der Waals surface area contributed by atoms with E-state index in [1.807, 2.05) is 0 Å². The SMILES string of the molecule is CCNCC(Cc1ccsc1)C1CCCc2cc(OC)ccc21. The van der Waals surface area contributed by atoms with E-state index in [-0.39, 0.29) is 0 Å². The molecule has 0 amide bonds. The summed E-state index contributed by atoms with van der Waals surface area (Å²) in [6.07, 6.45) is 4.96. The number of fused-ring (bicyclic) bond motifs is 1. The summed E-state index contributed by atoms with van der Waals surface area (Å²) in [7, 11) is 1.76. The van der Waals surface area contributed by atoms with Crippen molar-refractivity contribution >= 4 is 11.3 Å². The number of nitrogens with one attached hydrogen (secondary N) is 1. The van der Waals surface area contributed by atoms with Crippen molar-refractivity contribution in [2.75, 3.05) is 20.2 Å². The van der Waals surface area contributed by atoms with Gasteiger partial charge in [0.1, 0.15) is 5.75 Å². The topological polar surface area (TPSA) is 21.3 Å². The Morgan fingerprint density at radius 3 is 3.00 bits per heavy atom. The molecule has 2 atom stereocenters. The second-order valence-corrected chi connectivity index (χ2v) is 7.25. The van der Waals surface area contributed by atoms with Crippen LogP contribution in [0, 0.1) is 5.92 Å². The molecule has 23 heavy (non-hydrogen) atoms. The number of ether oxygens (including phenoxy) is 1. The van der Waals surface area contributed by atoms with Crippen LogP contribution in [0.4, 0.5) is 0 Å². The van der Waals surface area contributed by atoms with Gasteiger partial charge in [-0.05, 0) is 96.3 Å². The third-order valence-electron chi connectivity index (χ3n) is 5.01. The quantitative estimate of drug-likeness (QED) is 0.798. The Labute approximate surface area is 143 Å². The second kappa shape index (κ2) is 7.98. The van der Waals surface area contributed by atoms with Gasteiger partial charge < -0.3 is 10.1 Å². The summed E-state index contributed by atoms with van der Waals surface area (Å²) < 4.78 is 5.42. The molecule has 0 saturated heterocycles. The van der Waals surface area contributed by atoms with E-state index in [1.165, 1.54) is 36.8 Å². The number of thiophene rings is 1. The summed E-state index contributed by atoms with van der Waals surface area (Å²) in [4.78, 5) is 0. The van der Waals surface area contributed by atoms with Crippen molar-refractivity contribution in [1.29, 1.82) is 0 Å². The molecular weight excluding hydrogens is 302 g/mol. The summed E-state index contributed by atoms with van der Waals surface area (Å²) >= 11 is 1.81. The van der Waals surface area contributed by atoms with Crippen molar-refractivity contribution in [2.45, 2.75) is 38.5 Å². The maximum atomic E-state index is 5.42. The van der Waals surface area contributed by atoms with Crippen LogP contribution >= 0.6 is 11.3 Å². The summed E-state index contributed by atoms with van der Waals surface area (Å²) in [5, 5.41) is 8.09. The molecule has 2 nitrogen and oxygen atoms in total. The molecule has 2 unspecified atom stereocenters. The highest BCUT2D eigenvalue weighted by Crippen LogP contribution is 2.39. The molecule has 1 aliphatic carbocycles. The highest BCUT2D eigenvalue weighted by atomic mass is 32.1. The lowest BCUT2D eigenvalue weighted by Gasteiger charge is -2.33. The predicted molar refractivity (Wildman–Crippen MR) is 98.7 cm³/mol. The number of rotatable bonds is 7. The Hall–Kier alpha value is -1.32. The lowest BCUT2D eigenvalue weighted by Crippen LogP contribution is -2.30. The number of hydrogen-bond acceptors (Lipinski definition) is 3. The van der Waals surface area contributed by atoms with E-state index < -0.39 is 0 Å². The van der Waals surface area contributed by atoms with Crippen LogP contribution in [0.15, 0.2) is 35.0 Å². The molecule has 3 heteroatoms. The first-order valence-electron chi connectivity index (χ1n) is 8.70. The lowest BCUT2D eigenvalue weighted by atomic mass is 9.74. The van der Waals surface area contributed by atoms with E-state index >= 15 is 0 Å². The fourth-order valence-corrected chi connectivity index (χ4v) is 4.52. The molecule has 0 fully saturated rings. The molecule has 124 valence electrons. The van der Waals surface area contributed by atoms with Crippen LogP contribution in [-0.2, 0) is 12.8 Å². The third-order valence-corrected chi connectivity index (χ3v) is 5.75. The van der Waals surface area contributed by atoms with Gasteiger partial charge in [0, 0.05) is 0 Å². The summed E-state index contributed by atoms with van der Waals surface area (Å²) in [5.41, 5.74) is 4.53. The Morgan fingerprint density at radius 1 is 1.35 bits per heavy atom. The Balaban J connectivity index is 1.84. The van der Waals surface area contributed by atoms with Gasteiger partial charge in [0.05, 0.1) is 7.11 Å². The molecule has 1 N–H and O–H groups in total. The molecule has 3 rings (SSSR count). The Morgan fingerprint density at radius 2 is 2.26 bits per heavy atom. The first-order chi connectivity index (χ1) is 11.3. The minimum absolute atomic E-state index is 0.656. The molecule has 1 aliphatic rings. The highest BCUT2D eigenvalue weighted by molar-refractivity contribution is 7.07. The van der Waals surface area contributed by atoms with Crippen LogP contribution in [0.25, 0.3) is 0 Å². The van der Waals surface area contributed by atoms with E-state index in [4.69, 9.17) is 4.74 Å². The monoisotopic (exact) mass is 329 g/mol. The molecule has 1 aromatic heterocycles. The Bertz CT molecular complexity index is 608. The maximum Gasteiger partial charge on any atom is 0.119 e. The molecule has 0 saturated carbocycles. The van der Waals surface area contributed by atoms with Gasteiger partial charge in [0.15, 0.2) is 0 Å². The maximum absolute atomic E-state index is 5.42. The van der Waals surface area contributed by atoms with Crippen molar-refractivity contribution in [1.82, 2.24) is 5.32 Å². The van der Waals surface area contributed by atoms with E-state index in [9.17, 15) is 0 Å². The zero-order chi connectivity index (χ0) is 16.1. The molecule has 0 aliphatic heterocycles. The summed E-state index contributed by atoms with van der Waals surface area (Å²) in [5.74, 6) is 2.31. The van der Waals surface area contributed by atoms with Crippen LogP contribution in [0.3, 0.4) is 0 Å². The standard InChI is InChI=1S/C20H27NOS/c1-3-21-13-17(11-15-9-10-23-14-15)19-6-4-5-16-12-18(22-2)7-8-20(16)19/h7-10,12,14,17,19,21H,3-6,11,13H2,1-2H3. The van der Waals surface area contributed by atoms with E-state index in [2.05, 4.69) is 47.3 Å². The van der Waals surface area contributed by atoms with E-state index in [0.29, 0.717) is 11.8 Å². The van der Waals surface area contributed by atoms with Gasteiger partial charge in [0.2, 0.25) is 0 Å². The minimum atomic E-state index is 0.656. The normalized spacial score (nSPS) is 18.4. The van der Waals surface area contributed by atoms with Gasteiger partial charge in [-0.1, -0.05) is 13.0 Å². The molecule has 2 aromatic rings. The molecular formula is C20H27NOS. The fourth-order valence-electron chi connectivity index (χ4n) is 3.84. The van der Waals surface area contributed by atoms with Crippen LogP contribution in [0.2, 0.25) is 0 Å². The molecule has 1 heterocycles. The van der Waals surface area contributed by atoms with E-state index in [0.717, 1.165) is 18.8 Å². The molecule has 0 spiro atoms. The number of methoxy groups -OCH3 is 1. The minimum Gasteiger partial charge on any atom is -0.497 e. The average Bonchev–Trinajstić information content (AvgIpc) is 3.10. The third kappa shape index (κ3) is 3.96. The molecule has 0 bridgehead atoms. The van der Waals surface area contributed by atoms with Crippen molar-refractivity contribution in [2.24, 2.45) is 5.92 Å². The zero-order valence-corrected chi connectivity index (χ0v) is 15.0. The zero-order valence-electron chi connectivity index (χ0n) is 14.2. The van der Waals surface area contributed by atoms with Crippen LogP contribution < -0.4 is 10.1 Å². The van der Waals surface area contributed by atoms with Crippen LogP contribution in [-0.4, -0.2) is 20.2 Å². The molecule has 1 aromatic carbocycles. The lowest BCUT2D eigenvalue weighted by molar-refractivity contribution is 0.358. The summed E-state index contributed by atoms with van der Waals surface area (Å²) in [6.45, 7) is 4.34.